The Kier molecular flexibility index (Phi) is 4.96. The van der Waals surface area contributed by atoms with Gasteiger partial charge in [0.15, 0.2) is 11.5 Å². The highest BCUT2D eigenvalue weighted by molar-refractivity contribution is 5.42. The van der Waals surface area contributed by atoms with Crippen LogP contribution in [0.4, 0.5) is 4.39 Å². The summed E-state index contributed by atoms with van der Waals surface area (Å²) < 4.78 is 23.9. The molecular formula is C16H18FNO2. The Morgan fingerprint density at radius 1 is 0.950 bits per heavy atom. The summed E-state index contributed by atoms with van der Waals surface area (Å²) in [5.74, 6) is 1.20. The van der Waals surface area contributed by atoms with E-state index in [4.69, 9.17) is 9.47 Å². The van der Waals surface area contributed by atoms with Crippen molar-refractivity contribution in [3.8, 4) is 11.5 Å². The zero-order valence-electron chi connectivity index (χ0n) is 11.7. The molecule has 0 fully saturated rings. The average Bonchev–Trinajstić information content (AvgIpc) is 2.49. The summed E-state index contributed by atoms with van der Waals surface area (Å²) in [5.41, 5.74) is 1.71. The molecule has 0 radical (unpaired) electrons. The standard InChI is InChI=1S/C16H18FNO2/c1-19-15-8-7-12(9-16(15)20-2)10-18-11-13-5-3-4-6-14(13)17/h3-9,18H,10-11H2,1-2H3. The maximum atomic E-state index is 13.5. The summed E-state index contributed by atoms with van der Waals surface area (Å²) in [6.07, 6.45) is 0. The molecule has 0 aliphatic rings. The lowest BCUT2D eigenvalue weighted by Crippen LogP contribution is -2.13. The van der Waals surface area contributed by atoms with Crippen molar-refractivity contribution in [2.75, 3.05) is 14.2 Å². The van der Waals surface area contributed by atoms with Gasteiger partial charge in [0.25, 0.3) is 0 Å². The molecule has 0 spiro atoms. The molecule has 2 aromatic rings. The van der Waals surface area contributed by atoms with Gasteiger partial charge in [-0.15, -0.1) is 0 Å². The molecule has 0 unspecified atom stereocenters. The molecule has 3 nitrogen and oxygen atoms in total. The van der Waals surface area contributed by atoms with Crippen LogP contribution in [0.1, 0.15) is 11.1 Å². The van der Waals surface area contributed by atoms with E-state index in [1.54, 1.807) is 26.4 Å². The van der Waals surface area contributed by atoms with Crippen molar-refractivity contribution in [2.45, 2.75) is 13.1 Å². The van der Waals surface area contributed by atoms with E-state index >= 15 is 0 Å². The van der Waals surface area contributed by atoms with Crippen molar-refractivity contribution in [3.63, 3.8) is 0 Å². The van der Waals surface area contributed by atoms with Crippen molar-refractivity contribution < 1.29 is 13.9 Å². The average molecular weight is 275 g/mol. The normalized spacial score (nSPS) is 10.3. The Bertz CT molecular complexity index is 572. The predicted molar refractivity (Wildman–Crippen MR) is 76.5 cm³/mol. The molecule has 2 aromatic carbocycles. The van der Waals surface area contributed by atoms with Gasteiger partial charge in [-0.2, -0.15) is 0 Å². The Labute approximate surface area is 118 Å². The first kappa shape index (κ1) is 14.3. The number of rotatable bonds is 6. The minimum Gasteiger partial charge on any atom is -0.493 e. The second kappa shape index (κ2) is 6.91. The van der Waals surface area contributed by atoms with Crippen LogP contribution in [0.2, 0.25) is 0 Å². The highest BCUT2D eigenvalue weighted by Crippen LogP contribution is 2.27. The van der Waals surface area contributed by atoms with Crippen LogP contribution in [0, 0.1) is 5.82 Å². The Hall–Kier alpha value is -2.07. The molecule has 0 heterocycles. The van der Waals surface area contributed by atoms with Gasteiger partial charge in [-0.3, -0.25) is 0 Å². The van der Waals surface area contributed by atoms with Crippen LogP contribution in [0.15, 0.2) is 42.5 Å². The van der Waals surface area contributed by atoms with Crippen molar-refractivity contribution in [1.82, 2.24) is 5.32 Å². The molecule has 0 aliphatic heterocycles. The van der Waals surface area contributed by atoms with E-state index in [1.807, 2.05) is 24.3 Å². The number of methoxy groups -OCH3 is 2. The van der Waals surface area contributed by atoms with E-state index in [2.05, 4.69) is 5.32 Å². The zero-order valence-corrected chi connectivity index (χ0v) is 11.7. The zero-order chi connectivity index (χ0) is 14.4. The summed E-state index contributed by atoms with van der Waals surface area (Å²) in [6.45, 7) is 1.12. The summed E-state index contributed by atoms with van der Waals surface area (Å²) in [4.78, 5) is 0. The topological polar surface area (TPSA) is 30.5 Å². The van der Waals surface area contributed by atoms with Gasteiger partial charge in [-0.25, -0.2) is 4.39 Å². The van der Waals surface area contributed by atoms with E-state index in [9.17, 15) is 4.39 Å². The number of benzene rings is 2. The molecule has 20 heavy (non-hydrogen) atoms. The Morgan fingerprint density at radius 3 is 2.40 bits per heavy atom. The lowest BCUT2D eigenvalue weighted by molar-refractivity contribution is 0.354. The number of ether oxygens (including phenoxy) is 2. The van der Waals surface area contributed by atoms with Gasteiger partial charge >= 0.3 is 0 Å². The van der Waals surface area contributed by atoms with Gasteiger partial charge in [-0.05, 0) is 23.8 Å². The minimum atomic E-state index is -0.188. The molecular weight excluding hydrogens is 257 g/mol. The fourth-order valence-electron chi connectivity index (χ4n) is 1.97. The molecule has 0 saturated carbocycles. The summed E-state index contributed by atoms with van der Waals surface area (Å²) in [5, 5.41) is 3.21. The van der Waals surface area contributed by atoms with Gasteiger partial charge in [0, 0.05) is 18.7 Å². The second-order valence-electron chi connectivity index (χ2n) is 4.38. The molecule has 0 bridgehead atoms. The molecule has 106 valence electrons. The van der Waals surface area contributed by atoms with E-state index in [0.29, 0.717) is 30.2 Å². The second-order valence-corrected chi connectivity index (χ2v) is 4.38. The van der Waals surface area contributed by atoms with Crippen LogP contribution in [-0.2, 0) is 13.1 Å². The van der Waals surface area contributed by atoms with Crippen LogP contribution >= 0.6 is 0 Å². The van der Waals surface area contributed by atoms with E-state index < -0.39 is 0 Å². The minimum absolute atomic E-state index is 0.188. The monoisotopic (exact) mass is 275 g/mol. The van der Waals surface area contributed by atoms with Crippen LogP contribution in [0.5, 0.6) is 11.5 Å². The van der Waals surface area contributed by atoms with Gasteiger partial charge in [0.05, 0.1) is 14.2 Å². The van der Waals surface area contributed by atoms with Gasteiger partial charge in [0.1, 0.15) is 5.82 Å². The predicted octanol–water partition coefficient (Wildman–Crippen LogP) is 3.13. The SMILES string of the molecule is COc1ccc(CNCc2ccccc2F)cc1OC. The Morgan fingerprint density at radius 2 is 1.70 bits per heavy atom. The number of hydrogen-bond acceptors (Lipinski definition) is 3. The lowest BCUT2D eigenvalue weighted by atomic mass is 10.2. The van der Waals surface area contributed by atoms with Crippen molar-refractivity contribution in [3.05, 3.63) is 59.4 Å². The number of nitrogens with one attached hydrogen (secondary N) is 1. The molecule has 0 aromatic heterocycles. The fourth-order valence-corrected chi connectivity index (χ4v) is 1.97. The third-order valence-electron chi connectivity index (χ3n) is 3.05. The van der Waals surface area contributed by atoms with Crippen LogP contribution in [0.25, 0.3) is 0 Å². The first-order valence-electron chi connectivity index (χ1n) is 6.39. The van der Waals surface area contributed by atoms with E-state index in [1.165, 1.54) is 6.07 Å². The molecule has 0 atom stereocenters. The summed E-state index contributed by atoms with van der Waals surface area (Å²) in [7, 11) is 3.21. The van der Waals surface area contributed by atoms with E-state index in [-0.39, 0.29) is 5.82 Å². The maximum absolute atomic E-state index is 13.5. The third kappa shape index (κ3) is 3.48. The molecule has 0 aliphatic carbocycles. The fraction of sp³-hybridized carbons (Fsp3) is 0.250. The smallest absolute Gasteiger partial charge is 0.161 e. The van der Waals surface area contributed by atoms with E-state index in [0.717, 1.165) is 5.56 Å². The number of halogens is 1. The first-order valence-corrected chi connectivity index (χ1v) is 6.39. The van der Waals surface area contributed by atoms with Crippen LogP contribution in [-0.4, -0.2) is 14.2 Å². The quantitative estimate of drug-likeness (QED) is 0.878. The highest BCUT2D eigenvalue weighted by Gasteiger charge is 2.05. The number of hydrogen-bond donors (Lipinski definition) is 1. The van der Waals surface area contributed by atoms with Crippen molar-refractivity contribution >= 4 is 0 Å². The lowest BCUT2D eigenvalue weighted by Gasteiger charge is -2.10. The Balaban J connectivity index is 1.96. The largest absolute Gasteiger partial charge is 0.493 e. The van der Waals surface area contributed by atoms with Crippen LogP contribution < -0.4 is 14.8 Å². The summed E-state index contributed by atoms with van der Waals surface area (Å²) in [6, 6.07) is 12.5. The van der Waals surface area contributed by atoms with Gasteiger partial charge in [-0.1, -0.05) is 24.3 Å². The molecule has 0 saturated heterocycles. The van der Waals surface area contributed by atoms with Gasteiger partial charge < -0.3 is 14.8 Å². The molecule has 4 heteroatoms. The van der Waals surface area contributed by atoms with Crippen molar-refractivity contribution in [1.29, 1.82) is 0 Å². The first-order chi connectivity index (χ1) is 9.74. The molecule has 0 amide bonds. The van der Waals surface area contributed by atoms with Crippen molar-refractivity contribution in [2.24, 2.45) is 0 Å². The molecule has 1 N–H and O–H groups in total. The van der Waals surface area contributed by atoms with Gasteiger partial charge in [0.2, 0.25) is 0 Å². The maximum Gasteiger partial charge on any atom is 0.161 e. The highest BCUT2D eigenvalue weighted by atomic mass is 19.1. The van der Waals surface area contributed by atoms with Crippen LogP contribution in [0.3, 0.4) is 0 Å². The third-order valence-corrected chi connectivity index (χ3v) is 3.05. The summed E-state index contributed by atoms with van der Waals surface area (Å²) >= 11 is 0. The molecule has 2 rings (SSSR count).